The van der Waals surface area contributed by atoms with Crippen LogP contribution in [0, 0.1) is 11.3 Å². The summed E-state index contributed by atoms with van der Waals surface area (Å²) in [5.41, 5.74) is 0. The van der Waals surface area contributed by atoms with Gasteiger partial charge in [0.2, 0.25) is 0 Å². The first-order valence-electron chi connectivity index (χ1n) is 2.36. The number of rotatable bonds is 2. The van der Waals surface area contributed by atoms with Gasteiger partial charge in [0.25, 0.3) is 5.85 Å². The summed E-state index contributed by atoms with van der Waals surface area (Å²) in [4.78, 5) is 0. The minimum Gasteiger partial charge on any atom is -0.335 e. The molecular formula is C5H8FNO. The fourth-order valence-corrected chi connectivity index (χ4v) is 0.303. The first-order valence-corrected chi connectivity index (χ1v) is 2.36. The van der Waals surface area contributed by atoms with Gasteiger partial charge in [0, 0.05) is 13.5 Å². The molecule has 0 aromatic heterocycles. The van der Waals surface area contributed by atoms with Crippen LogP contribution in [0.2, 0.25) is 0 Å². The van der Waals surface area contributed by atoms with Crippen molar-refractivity contribution in [2.75, 3.05) is 6.61 Å². The Labute approximate surface area is 47.9 Å². The van der Waals surface area contributed by atoms with Gasteiger partial charge in [-0.1, -0.05) is 0 Å². The van der Waals surface area contributed by atoms with E-state index in [9.17, 15) is 4.39 Å². The van der Waals surface area contributed by atoms with Gasteiger partial charge in [-0.15, -0.1) is 0 Å². The summed E-state index contributed by atoms with van der Waals surface area (Å²) in [6.07, 6.45) is 0. The lowest BCUT2D eigenvalue weighted by atomic mass is 10.4. The fourth-order valence-electron chi connectivity index (χ4n) is 0.303. The number of nitrogens with zero attached hydrogens (tertiary/aromatic N) is 1. The lowest BCUT2D eigenvalue weighted by Gasteiger charge is -2.08. The molecule has 0 rings (SSSR count). The molecule has 0 bridgehead atoms. The molecule has 0 radical (unpaired) electrons. The van der Waals surface area contributed by atoms with Crippen LogP contribution >= 0.6 is 0 Å². The minimum atomic E-state index is -2.10. The number of hydrogen-bond donors (Lipinski definition) is 0. The Morgan fingerprint density at radius 2 is 2.38 bits per heavy atom. The maximum Gasteiger partial charge on any atom is 0.294 e. The number of halogens is 1. The Bertz CT molecular complexity index is 105. The van der Waals surface area contributed by atoms with Crippen LogP contribution in [0.25, 0.3) is 0 Å². The van der Waals surface area contributed by atoms with Gasteiger partial charge in [-0.2, -0.15) is 9.65 Å². The van der Waals surface area contributed by atoms with E-state index >= 15 is 0 Å². The highest BCUT2D eigenvalue weighted by molar-refractivity contribution is 4.87. The van der Waals surface area contributed by atoms with Crippen molar-refractivity contribution in [1.82, 2.24) is 0 Å². The van der Waals surface area contributed by atoms with E-state index in [1.165, 1.54) is 6.07 Å². The van der Waals surface area contributed by atoms with Crippen LogP contribution in [0.3, 0.4) is 0 Å². The molecule has 1 unspecified atom stereocenters. The van der Waals surface area contributed by atoms with Crippen LogP contribution in [0.4, 0.5) is 4.39 Å². The number of ether oxygens (including phenoxy) is 1. The van der Waals surface area contributed by atoms with E-state index in [0.717, 1.165) is 6.92 Å². The van der Waals surface area contributed by atoms with Crippen LogP contribution in [0.5, 0.6) is 0 Å². The Hall–Kier alpha value is -0.620. The third-order valence-electron chi connectivity index (χ3n) is 0.615. The smallest absolute Gasteiger partial charge is 0.294 e. The molecule has 2 nitrogen and oxygen atoms in total. The first kappa shape index (κ1) is 7.38. The summed E-state index contributed by atoms with van der Waals surface area (Å²) in [7, 11) is 0. The van der Waals surface area contributed by atoms with E-state index in [2.05, 4.69) is 4.74 Å². The normalized spacial score (nSPS) is 16.8. The largest absolute Gasteiger partial charge is 0.335 e. The summed E-state index contributed by atoms with van der Waals surface area (Å²) >= 11 is 0. The van der Waals surface area contributed by atoms with Crippen molar-refractivity contribution >= 4 is 0 Å². The van der Waals surface area contributed by atoms with Gasteiger partial charge < -0.3 is 4.74 Å². The Morgan fingerprint density at radius 3 is 2.50 bits per heavy atom. The lowest BCUT2D eigenvalue weighted by Crippen LogP contribution is -2.19. The lowest BCUT2D eigenvalue weighted by molar-refractivity contribution is -0.0799. The minimum absolute atomic E-state index is 0.223. The fraction of sp³-hybridized carbons (Fsp3) is 0.800. The van der Waals surface area contributed by atoms with Gasteiger partial charge >= 0.3 is 0 Å². The Kier molecular flexibility index (Phi) is 2.43. The average Bonchev–Trinajstić information content (AvgIpc) is 1.67. The van der Waals surface area contributed by atoms with Crippen LogP contribution in [0.1, 0.15) is 13.8 Å². The monoisotopic (exact) mass is 117 g/mol. The molecule has 0 aromatic carbocycles. The molecule has 3 heteroatoms. The highest BCUT2D eigenvalue weighted by Gasteiger charge is 2.20. The van der Waals surface area contributed by atoms with E-state index in [1.54, 1.807) is 6.92 Å². The summed E-state index contributed by atoms with van der Waals surface area (Å²) < 4.78 is 16.6. The molecule has 0 aromatic rings. The molecule has 46 valence electrons. The van der Waals surface area contributed by atoms with Gasteiger partial charge in [0.15, 0.2) is 0 Å². The SMILES string of the molecule is CCOC(C)(F)C#N. The van der Waals surface area contributed by atoms with E-state index < -0.39 is 5.85 Å². The molecule has 0 amide bonds. The quantitative estimate of drug-likeness (QED) is 0.545. The zero-order chi connectivity index (χ0) is 6.62. The highest BCUT2D eigenvalue weighted by atomic mass is 19.2. The van der Waals surface area contributed by atoms with Gasteiger partial charge in [-0.25, -0.2) is 0 Å². The average molecular weight is 117 g/mol. The zero-order valence-corrected chi connectivity index (χ0v) is 4.94. The summed E-state index contributed by atoms with van der Waals surface area (Å²) in [5, 5.41) is 7.98. The first-order chi connectivity index (χ1) is 3.62. The van der Waals surface area contributed by atoms with E-state index in [4.69, 9.17) is 5.26 Å². The molecular weight excluding hydrogens is 109 g/mol. The van der Waals surface area contributed by atoms with Crippen LogP contribution < -0.4 is 0 Å². The van der Waals surface area contributed by atoms with Crippen molar-refractivity contribution in [1.29, 1.82) is 5.26 Å². The third-order valence-corrected chi connectivity index (χ3v) is 0.615. The summed E-state index contributed by atoms with van der Waals surface area (Å²) in [5.74, 6) is -2.10. The van der Waals surface area contributed by atoms with Gasteiger partial charge in [-0.3, -0.25) is 0 Å². The van der Waals surface area contributed by atoms with Crippen LogP contribution in [0.15, 0.2) is 0 Å². The second-order valence-electron chi connectivity index (χ2n) is 1.46. The van der Waals surface area contributed by atoms with Crippen molar-refractivity contribution in [3.63, 3.8) is 0 Å². The highest BCUT2D eigenvalue weighted by Crippen LogP contribution is 2.08. The van der Waals surface area contributed by atoms with E-state index in [-0.39, 0.29) is 6.61 Å². The van der Waals surface area contributed by atoms with Crippen molar-refractivity contribution < 1.29 is 9.13 Å². The maximum absolute atomic E-state index is 12.2. The molecule has 0 aliphatic carbocycles. The topological polar surface area (TPSA) is 33.0 Å². The molecule has 0 aliphatic heterocycles. The molecule has 8 heavy (non-hydrogen) atoms. The maximum atomic E-state index is 12.2. The van der Waals surface area contributed by atoms with Crippen LogP contribution in [-0.2, 0) is 4.74 Å². The van der Waals surface area contributed by atoms with Crippen LogP contribution in [-0.4, -0.2) is 12.5 Å². The molecule has 1 atom stereocenters. The zero-order valence-electron chi connectivity index (χ0n) is 4.94. The number of hydrogen-bond acceptors (Lipinski definition) is 2. The Morgan fingerprint density at radius 1 is 1.88 bits per heavy atom. The van der Waals surface area contributed by atoms with Crippen molar-refractivity contribution in [2.45, 2.75) is 19.7 Å². The summed E-state index contributed by atoms with van der Waals surface area (Å²) in [6, 6.07) is 1.35. The Balaban J connectivity index is 3.59. The molecule has 0 saturated heterocycles. The summed E-state index contributed by atoms with van der Waals surface area (Å²) in [6.45, 7) is 2.94. The van der Waals surface area contributed by atoms with E-state index in [0.29, 0.717) is 0 Å². The number of nitriles is 1. The van der Waals surface area contributed by atoms with Gasteiger partial charge in [0.05, 0.1) is 0 Å². The molecule has 0 N–H and O–H groups in total. The predicted molar refractivity (Wildman–Crippen MR) is 26.8 cm³/mol. The van der Waals surface area contributed by atoms with Gasteiger partial charge in [0.1, 0.15) is 6.07 Å². The predicted octanol–water partition coefficient (Wildman–Crippen LogP) is 1.23. The molecule has 0 aliphatic rings. The second-order valence-corrected chi connectivity index (χ2v) is 1.46. The number of alkyl halides is 1. The molecule has 0 saturated carbocycles. The molecule has 0 heterocycles. The van der Waals surface area contributed by atoms with Crippen molar-refractivity contribution in [3.8, 4) is 6.07 Å². The molecule has 0 spiro atoms. The van der Waals surface area contributed by atoms with Crippen molar-refractivity contribution in [3.05, 3.63) is 0 Å². The van der Waals surface area contributed by atoms with Gasteiger partial charge in [-0.05, 0) is 6.92 Å². The van der Waals surface area contributed by atoms with Crippen molar-refractivity contribution in [2.24, 2.45) is 0 Å². The van der Waals surface area contributed by atoms with E-state index in [1.807, 2.05) is 0 Å². The molecule has 0 fully saturated rings. The standard InChI is InChI=1S/C5H8FNO/c1-3-8-5(2,6)4-7/h3H2,1-2H3. The second kappa shape index (κ2) is 2.63. The third kappa shape index (κ3) is 2.54.